The van der Waals surface area contributed by atoms with Gasteiger partial charge in [0.15, 0.2) is 0 Å². The normalized spacial score (nSPS) is 30.9. The lowest BCUT2D eigenvalue weighted by atomic mass is 9.89. The van der Waals surface area contributed by atoms with Gasteiger partial charge in [-0.3, -0.25) is 0 Å². The van der Waals surface area contributed by atoms with E-state index in [2.05, 4.69) is 19.0 Å². The van der Waals surface area contributed by atoms with Gasteiger partial charge in [0.25, 0.3) is 0 Å². The predicted molar refractivity (Wildman–Crippen MR) is 43.0 cm³/mol. The molecule has 1 aliphatic heterocycles. The van der Waals surface area contributed by atoms with Crippen molar-refractivity contribution in [2.24, 2.45) is 11.1 Å². The molecule has 1 rings (SSSR count). The van der Waals surface area contributed by atoms with Gasteiger partial charge in [-0.25, -0.2) is 0 Å². The summed E-state index contributed by atoms with van der Waals surface area (Å²) in [5.41, 5.74) is -0.0515. The standard InChI is InChI=1S/C8H15NO2/c1-8(2)5-7(6-9-10)3-4-11-8/h6-7,10H,3-5H2,1-2H3/b9-6-/t7-/m0/s1. The highest BCUT2D eigenvalue weighted by molar-refractivity contribution is 5.60. The Morgan fingerprint density at radius 3 is 2.91 bits per heavy atom. The second-order valence-electron chi connectivity index (χ2n) is 3.63. The molecule has 0 radical (unpaired) electrons. The molecule has 3 heteroatoms. The van der Waals surface area contributed by atoms with E-state index in [1.807, 2.05) is 0 Å². The molecule has 1 aliphatic rings. The topological polar surface area (TPSA) is 41.8 Å². The molecule has 0 aromatic heterocycles. The number of hydrogen-bond acceptors (Lipinski definition) is 3. The van der Waals surface area contributed by atoms with Crippen molar-refractivity contribution in [2.75, 3.05) is 6.61 Å². The van der Waals surface area contributed by atoms with E-state index in [1.165, 1.54) is 0 Å². The van der Waals surface area contributed by atoms with Gasteiger partial charge in [0.05, 0.1) is 5.60 Å². The van der Waals surface area contributed by atoms with Crippen LogP contribution < -0.4 is 0 Å². The highest BCUT2D eigenvalue weighted by Gasteiger charge is 2.27. The second kappa shape index (κ2) is 3.22. The number of rotatable bonds is 1. The molecular formula is C8H15NO2. The third kappa shape index (κ3) is 2.50. The van der Waals surface area contributed by atoms with Crippen LogP contribution in [0.25, 0.3) is 0 Å². The largest absolute Gasteiger partial charge is 0.411 e. The Morgan fingerprint density at radius 1 is 1.64 bits per heavy atom. The molecule has 3 nitrogen and oxygen atoms in total. The fourth-order valence-electron chi connectivity index (χ4n) is 1.50. The van der Waals surface area contributed by atoms with Crippen molar-refractivity contribution in [2.45, 2.75) is 32.3 Å². The maximum Gasteiger partial charge on any atom is 0.0632 e. The zero-order valence-electron chi connectivity index (χ0n) is 7.08. The van der Waals surface area contributed by atoms with Crippen LogP contribution in [0.4, 0.5) is 0 Å². The van der Waals surface area contributed by atoms with Crippen LogP contribution >= 0.6 is 0 Å². The molecule has 0 aliphatic carbocycles. The SMILES string of the molecule is CC1(C)C[C@@H](/C=N\O)CCO1. The van der Waals surface area contributed by atoms with Crippen LogP contribution in [0.2, 0.25) is 0 Å². The van der Waals surface area contributed by atoms with Crippen LogP contribution in [0.3, 0.4) is 0 Å². The Kier molecular flexibility index (Phi) is 2.49. The summed E-state index contributed by atoms with van der Waals surface area (Å²) in [5, 5.41) is 11.4. The summed E-state index contributed by atoms with van der Waals surface area (Å²) < 4.78 is 5.50. The van der Waals surface area contributed by atoms with Gasteiger partial charge < -0.3 is 9.94 Å². The van der Waals surface area contributed by atoms with E-state index in [9.17, 15) is 0 Å². The Labute approximate surface area is 67.0 Å². The van der Waals surface area contributed by atoms with Gasteiger partial charge in [-0.1, -0.05) is 0 Å². The summed E-state index contributed by atoms with van der Waals surface area (Å²) in [7, 11) is 0. The molecule has 0 amide bonds. The minimum absolute atomic E-state index is 0.0515. The Morgan fingerprint density at radius 2 is 2.36 bits per heavy atom. The van der Waals surface area contributed by atoms with E-state index in [0.717, 1.165) is 19.4 Å². The van der Waals surface area contributed by atoms with E-state index in [1.54, 1.807) is 6.21 Å². The number of oxime groups is 1. The minimum Gasteiger partial charge on any atom is -0.411 e. The second-order valence-corrected chi connectivity index (χ2v) is 3.63. The van der Waals surface area contributed by atoms with Crippen LogP contribution in [-0.4, -0.2) is 23.6 Å². The average molecular weight is 157 g/mol. The third-order valence-corrected chi connectivity index (χ3v) is 2.01. The summed E-state index contributed by atoms with van der Waals surface area (Å²) in [6.45, 7) is 4.89. The zero-order chi connectivity index (χ0) is 8.32. The lowest BCUT2D eigenvalue weighted by Gasteiger charge is -2.33. The molecule has 0 bridgehead atoms. The first-order valence-electron chi connectivity index (χ1n) is 3.95. The van der Waals surface area contributed by atoms with Gasteiger partial charge in [0.1, 0.15) is 0 Å². The monoisotopic (exact) mass is 157 g/mol. The summed E-state index contributed by atoms with van der Waals surface area (Å²) in [6, 6.07) is 0. The summed E-state index contributed by atoms with van der Waals surface area (Å²) in [4.78, 5) is 0. The van der Waals surface area contributed by atoms with Crippen molar-refractivity contribution in [3.63, 3.8) is 0 Å². The Hall–Kier alpha value is -0.570. The minimum atomic E-state index is -0.0515. The van der Waals surface area contributed by atoms with Crippen molar-refractivity contribution < 1.29 is 9.94 Å². The third-order valence-electron chi connectivity index (χ3n) is 2.01. The average Bonchev–Trinajstić information content (AvgIpc) is 1.85. The van der Waals surface area contributed by atoms with Crippen LogP contribution in [0.5, 0.6) is 0 Å². The van der Waals surface area contributed by atoms with E-state index in [4.69, 9.17) is 9.94 Å². The van der Waals surface area contributed by atoms with Gasteiger partial charge in [0.2, 0.25) is 0 Å². The predicted octanol–water partition coefficient (Wildman–Crippen LogP) is 1.65. The lowest BCUT2D eigenvalue weighted by molar-refractivity contribution is -0.0610. The number of hydrogen-bond donors (Lipinski definition) is 1. The maximum absolute atomic E-state index is 8.32. The maximum atomic E-state index is 8.32. The number of nitrogens with zero attached hydrogens (tertiary/aromatic N) is 1. The molecule has 1 heterocycles. The molecule has 1 atom stereocenters. The van der Waals surface area contributed by atoms with E-state index in [0.29, 0.717) is 5.92 Å². The molecule has 0 unspecified atom stereocenters. The van der Waals surface area contributed by atoms with Gasteiger partial charge in [-0.15, -0.1) is 5.16 Å². The molecule has 1 saturated heterocycles. The highest BCUT2D eigenvalue weighted by Crippen LogP contribution is 2.27. The van der Waals surface area contributed by atoms with Crippen LogP contribution in [0, 0.1) is 5.92 Å². The Bertz CT molecular complexity index is 154. The van der Waals surface area contributed by atoms with Gasteiger partial charge >= 0.3 is 0 Å². The molecule has 11 heavy (non-hydrogen) atoms. The van der Waals surface area contributed by atoms with Crippen LogP contribution in [0.1, 0.15) is 26.7 Å². The Balaban J connectivity index is 2.46. The van der Waals surface area contributed by atoms with Crippen molar-refractivity contribution in [1.82, 2.24) is 0 Å². The molecule has 0 aromatic rings. The molecule has 0 aromatic carbocycles. The smallest absolute Gasteiger partial charge is 0.0632 e. The fourth-order valence-corrected chi connectivity index (χ4v) is 1.50. The van der Waals surface area contributed by atoms with Gasteiger partial charge in [0, 0.05) is 18.7 Å². The van der Waals surface area contributed by atoms with Crippen LogP contribution in [0.15, 0.2) is 5.16 Å². The van der Waals surface area contributed by atoms with Gasteiger partial charge in [-0.2, -0.15) is 0 Å². The molecule has 1 N–H and O–H groups in total. The fraction of sp³-hybridized carbons (Fsp3) is 0.875. The van der Waals surface area contributed by atoms with Crippen molar-refractivity contribution in [1.29, 1.82) is 0 Å². The number of ether oxygens (including phenoxy) is 1. The summed E-state index contributed by atoms with van der Waals surface area (Å²) >= 11 is 0. The summed E-state index contributed by atoms with van der Waals surface area (Å²) in [5.74, 6) is 0.378. The first-order chi connectivity index (χ1) is 5.14. The summed E-state index contributed by atoms with van der Waals surface area (Å²) in [6.07, 6.45) is 3.51. The van der Waals surface area contributed by atoms with Crippen molar-refractivity contribution in [3.05, 3.63) is 0 Å². The molecule has 0 spiro atoms. The quantitative estimate of drug-likeness (QED) is 0.357. The molecule has 1 fully saturated rings. The van der Waals surface area contributed by atoms with E-state index in [-0.39, 0.29) is 5.60 Å². The highest BCUT2D eigenvalue weighted by atomic mass is 16.5. The first-order valence-corrected chi connectivity index (χ1v) is 3.95. The molecule has 0 saturated carbocycles. The van der Waals surface area contributed by atoms with Crippen molar-refractivity contribution in [3.8, 4) is 0 Å². The zero-order valence-corrected chi connectivity index (χ0v) is 7.08. The molecular weight excluding hydrogens is 142 g/mol. The van der Waals surface area contributed by atoms with Crippen molar-refractivity contribution >= 4 is 6.21 Å². The van der Waals surface area contributed by atoms with Crippen LogP contribution in [-0.2, 0) is 4.74 Å². The van der Waals surface area contributed by atoms with Gasteiger partial charge in [-0.05, 0) is 26.7 Å². The first kappa shape index (κ1) is 8.53. The molecule has 64 valence electrons. The van der Waals surface area contributed by atoms with E-state index >= 15 is 0 Å². The van der Waals surface area contributed by atoms with E-state index < -0.39 is 0 Å². The lowest BCUT2D eigenvalue weighted by Crippen LogP contribution is -2.34.